The zero-order chi connectivity index (χ0) is 24.2. The van der Waals surface area contributed by atoms with Crippen LogP contribution < -0.4 is 14.2 Å². The number of hydrogen-bond acceptors (Lipinski definition) is 5. The Balaban J connectivity index is 1.43. The van der Waals surface area contributed by atoms with Crippen LogP contribution in [0.4, 0.5) is 0 Å². The van der Waals surface area contributed by atoms with Crippen LogP contribution in [0, 0.1) is 5.92 Å². The molecule has 0 saturated heterocycles. The molecule has 5 nitrogen and oxygen atoms in total. The fourth-order valence-electron chi connectivity index (χ4n) is 3.48. The van der Waals surface area contributed by atoms with Crippen molar-refractivity contribution in [1.29, 1.82) is 0 Å². The number of carbonyl (C=O) groups is 2. The number of hydrogen-bond donors (Lipinski definition) is 0. The summed E-state index contributed by atoms with van der Waals surface area (Å²) in [4.78, 5) is 24.6. The lowest BCUT2D eigenvalue weighted by Crippen LogP contribution is -2.17. The van der Waals surface area contributed by atoms with Crippen LogP contribution in [0.5, 0.6) is 17.2 Å². The zero-order valence-electron chi connectivity index (χ0n) is 19.9. The largest absolute Gasteiger partial charge is 0.493 e. The van der Waals surface area contributed by atoms with Gasteiger partial charge in [-0.3, -0.25) is 4.79 Å². The van der Waals surface area contributed by atoms with Gasteiger partial charge in [0.2, 0.25) is 0 Å². The Morgan fingerprint density at radius 3 is 1.94 bits per heavy atom. The number of rotatable bonds is 13. The monoisotopic (exact) mass is 460 g/mol. The maximum absolute atomic E-state index is 12.5. The van der Waals surface area contributed by atoms with E-state index in [1.807, 2.05) is 30.3 Å². The third-order valence-electron chi connectivity index (χ3n) is 5.59. The average molecular weight is 461 g/mol. The Hall–Kier alpha value is -3.60. The third kappa shape index (κ3) is 7.77. The minimum Gasteiger partial charge on any atom is -0.493 e. The van der Waals surface area contributed by atoms with E-state index in [2.05, 4.69) is 13.8 Å². The van der Waals surface area contributed by atoms with Crippen LogP contribution in [0.1, 0.15) is 55.5 Å². The average Bonchev–Trinajstić information content (AvgIpc) is 2.89. The molecule has 1 unspecified atom stereocenters. The molecular formula is C29H32O5. The van der Waals surface area contributed by atoms with Gasteiger partial charge in [-0.25, -0.2) is 4.79 Å². The summed E-state index contributed by atoms with van der Waals surface area (Å²) >= 11 is 0. The highest BCUT2D eigenvalue weighted by molar-refractivity contribution is 6.09. The van der Waals surface area contributed by atoms with Gasteiger partial charge in [-0.15, -0.1) is 0 Å². The highest BCUT2D eigenvalue weighted by atomic mass is 16.6. The van der Waals surface area contributed by atoms with E-state index < -0.39 is 5.97 Å². The van der Waals surface area contributed by atoms with Crippen molar-refractivity contribution in [2.24, 2.45) is 5.92 Å². The fourth-order valence-corrected chi connectivity index (χ4v) is 3.48. The first-order valence-electron chi connectivity index (χ1n) is 11.8. The normalized spacial score (nSPS) is 11.5. The quantitative estimate of drug-likeness (QED) is 0.166. The molecule has 3 aromatic rings. The minimum atomic E-state index is -0.524. The van der Waals surface area contributed by atoms with E-state index in [9.17, 15) is 9.59 Å². The molecule has 0 saturated carbocycles. The molecule has 0 aromatic heterocycles. The van der Waals surface area contributed by atoms with Crippen molar-refractivity contribution >= 4 is 11.8 Å². The van der Waals surface area contributed by atoms with Gasteiger partial charge < -0.3 is 14.2 Å². The van der Waals surface area contributed by atoms with Crippen molar-refractivity contribution in [1.82, 2.24) is 0 Å². The Kier molecular flexibility index (Phi) is 9.71. The number of unbranched alkanes of at least 4 members (excludes halogenated alkanes) is 1. The number of ketones is 1. The molecular weight excluding hydrogens is 428 g/mol. The van der Waals surface area contributed by atoms with Crippen molar-refractivity contribution in [3.05, 3.63) is 90.0 Å². The summed E-state index contributed by atoms with van der Waals surface area (Å²) in [7, 11) is 0. The summed E-state index contributed by atoms with van der Waals surface area (Å²) < 4.78 is 16.7. The van der Waals surface area contributed by atoms with Crippen molar-refractivity contribution in [2.45, 2.75) is 39.5 Å². The molecule has 1 atom stereocenters. The van der Waals surface area contributed by atoms with Gasteiger partial charge in [-0.2, -0.15) is 0 Å². The molecule has 0 radical (unpaired) electrons. The van der Waals surface area contributed by atoms with Crippen LogP contribution in [0.2, 0.25) is 0 Å². The van der Waals surface area contributed by atoms with E-state index in [0.717, 1.165) is 12.2 Å². The SMILES string of the molecule is CCCCC(CC)COc1ccc(OCC(=O)Oc2ccc(C(=O)c3ccccc3)cc2)cc1. The van der Waals surface area contributed by atoms with Crippen LogP contribution in [-0.2, 0) is 4.79 Å². The van der Waals surface area contributed by atoms with E-state index in [1.54, 1.807) is 48.5 Å². The lowest BCUT2D eigenvalue weighted by atomic mass is 10.0. The van der Waals surface area contributed by atoms with E-state index in [1.165, 1.54) is 19.3 Å². The van der Waals surface area contributed by atoms with Crippen LogP contribution in [0.15, 0.2) is 78.9 Å². The number of esters is 1. The molecule has 0 N–H and O–H groups in total. The van der Waals surface area contributed by atoms with Gasteiger partial charge >= 0.3 is 5.97 Å². The summed E-state index contributed by atoms with van der Waals surface area (Å²) in [6.45, 7) is 4.88. The van der Waals surface area contributed by atoms with Crippen LogP contribution in [-0.4, -0.2) is 25.0 Å². The smallest absolute Gasteiger partial charge is 0.349 e. The van der Waals surface area contributed by atoms with Gasteiger partial charge in [-0.05, 0) is 60.9 Å². The number of carbonyl (C=O) groups excluding carboxylic acids is 2. The Morgan fingerprint density at radius 1 is 0.735 bits per heavy atom. The van der Waals surface area contributed by atoms with Gasteiger partial charge in [0.25, 0.3) is 0 Å². The second kappa shape index (κ2) is 13.2. The van der Waals surface area contributed by atoms with E-state index >= 15 is 0 Å². The summed E-state index contributed by atoms with van der Waals surface area (Å²) in [6, 6.07) is 22.8. The highest BCUT2D eigenvalue weighted by Gasteiger charge is 2.11. The summed E-state index contributed by atoms with van der Waals surface area (Å²) in [5, 5.41) is 0. The molecule has 3 rings (SSSR count). The Bertz CT molecular complexity index is 1030. The van der Waals surface area contributed by atoms with Crippen molar-refractivity contribution in [3.8, 4) is 17.2 Å². The summed E-state index contributed by atoms with van der Waals surface area (Å²) in [5.41, 5.74) is 1.14. The first-order chi connectivity index (χ1) is 16.6. The molecule has 3 aromatic carbocycles. The molecule has 0 aliphatic carbocycles. The lowest BCUT2D eigenvalue weighted by Gasteiger charge is -2.15. The zero-order valence-corrected chi connectivity index (χ0v) is 19.9. The molecule has 5 heteroatoms. The lowest BCUT2D eigenvalue weighted by molar-refractivity contribution is -0.136. The first-order valence-corrected chi connectivity index (χ1v) is 11.8. The predicted octanol–water partition coefficient (Wildman–Crippen LogP) is 6.50. The maximum Gasteiger partial charge on any atom is 0.349 e. The van der Waals surface area contributed by atoms with Crippen LogP contribution >= 0.6 is 0 Å². The molecule has 0 fully saturated rings. The topological polar surface area (TPSA) is 61.8 Å². The Morgan fingerprint density at radius 2 is 1.32 bits per heavy atom. The fraction of sp³-hybridized carbons (Fsp3) is 0.310. The van der Waals surface area contributed by atoms with Gasteiger partial charge in [-0.1, -0.05) is 63.4 Å². The van der Waals surface area contributed by atoms with Gasteiger partial charge in [0.15, 0.2) is 12.4 Å². The van der Waals surface area contributed by atoms with Crippen molar-refractivity contribution < 1.29 is 23.8 Å². The molecule has 178 valence electrons. The molecule has 34 heavy (non-hydrogen) atoms. The van der Waals surface area contributed by atoms with E-state index in [0.29, 0.717) is 35.2 Å². The molecule has 0 amide bonds. The van der Waals surface area contributed by atoms with E-state index in [-0.39, 0.29) is 12.4 Å². The van der Waals surface area contributed by atoms with Crippen LogP contribution in [0.3, 0.4) is 0 Å². The molecule has 0 heterocycles. The standard InChI is InChI=1S/C29H32O5/c1-3-5-9-22(4-2)20-32-25-16-18-26(19-17-25)33-21-28(30)34-27-14-12-24(13-15-27)29(31)23-10-7-6-8-11-23/h6-8,10-19,22H,3-5,9,20-21H2,1-2H3. The van der Waals surface area contributed by atoms with Crippen molar-refractivity contribution in [2.75, 3.05) is 13.2 Å². The second-order valence-corrected chi connectivity index (χ2v) is 8.18. The van der Waals surface area contributed by atoms with Gasteiger partial charge in [0.05, 0.1) is 6.61 Å². The Labute approximate surface area is 201 Å². The highest BCUT2D eigenvalue weighted by Crippen LogP contribution is 2.21. The first kappa shape index (κ1) is 25.0. The molecule has 0 bridgehead atoms. The molecule has 0 aliphatic rings. The van der Waals surface area contributed by atoms with Gasteiger partial charge in [0, 0.05) is 11.1 Å². The van der Waals surface area contributed by atoms with Crippen LogP contribution in [0.25, 0.3) is 0 Å². The minimum absolute atomic E-state index is 0.0830. The van der Waals surface area contributed by atoms with Crippen molar-refractivity contribution in [3.63, 3.8) is 0 Å². The number of ether oxygens (including phenoxy) is 3. The summed E-state index contributed by atoms with van der Waals surface area (Å²) in [6.07, 6.45) is 4.71. The molecule has 0 aliphatic heterocycles. The third-order valence-corrected chi connectivity index (χ3v) is 5.59. The second-order valence-electron chi connectivity index (χ2n) is 8.18. The molecule has 0 spiro atoms. The van der Waals surface area contributed by atoms with E-state index in [4.69, 9.17) is 14.2 Å². The maximum atomic E-state index is 12.5. The predicted molar refractivity (Wildman–Crippen MR) is 133 cm³/mol. The van der Waals surface area contributed by atoms with Gasteiger partial charge in [0.1, 0.15) is 17.2 Å². The number of benzene rings is 3. The summed E-state index contributed by atoms with van der Waals surface area (Å²) in [5.74, 6) is 1.66.